The van der Waals surface area contributed by atoms with Crippen LogP contribution in [0.3, 0.4) is 0 Å². The van der Waals surface area contributed by atoms with E-state index in [2.05, 4.69) is 27.4 Å². The number of hydrogen-bond acceptors (Lipinski definition) is 2. The first-order valence-corrected chi connectivity index (χ1v) is 11.9. The Morgan fingerprint density at radius 1 is 0.704 bits per heavy atom. The van der Waals surface area contributed by atoms with Crippen LogP contribution in [-0.4, -0.2) is 12.1 Å². The molecule has 1 unspecified atom stereocenters. The molecule has 0 aliphatic rings. The van der Waals surface area contributed by atoms with Crippen molar-refractivity contribution in [1.29, 1.82) is 0 Å². The molecule has 0 bridgehead atoms. The summed E-state index contributed by atoms with van der Waals surface area (Å²) in [5.41, 5.74) is 0.471. The molecule has 162 valence electrons. The first-order valence-electron chi connectivity index (χ1n) is 11.9. The summed E-state index contributed by atoms with van der Waals surface area (Å²) in [5, 5.41) is 0. The minimum Gasteiger partial charge on any atom is -0.459 e. The molecule has 27 heavy (non-hydrogen) atoms. The largest absolute Gasteiger partial charge is 0.459 e. The Balaban J connectivity index is 0. The highest BCUT2D eigenvalue weighted by atomic mass is 16.5. The molecule has 0 aliphatic heterocycles. The van der Waals surface area contributed by atoms with Gasteiger partial charge in [0.05, 0.1) is 6.10 Å². The van der Waals surface area contributed by atoms with Crippen molar-refractivity contribution in [3.8, 4) is 0 Å². The molecule has 2 nitrogen and oxygen atoms in total. The van der Waals surface area contributed by atoms with E-state index in [1.807, 2.05) is 6.92 Å². The second kappa shape index (κ2) is 23.2. The highest BCUT2D eigenvalue weighted by molar-refractivity contribution is 5.87. The predicted octanol–water partition coefficient (Wildman–Crippen LogP) is 8.78. The molecule has 0 spiro atoms. The van der Waals surface area contributed by atoms with Crippen LogP contribution in [0.1, 0.15) is 137 Å². The van der Waals surface area contributed by atoms with E-state index in [0.29, 0.717) is 5.57 Å². The lowest BCUT2D eigenvalue weighted by Crippen LogP contribution is -2.14. The maximum absolute atomic E-state index is 11.0. The number of ether oxygens (including phenoxy) is 1. The molecule has 0 heterocycles. The quantitative estimate of drug-likeness (QED) is 0.143. The van der Waals surface area contributed by atoms with Crippen LogP contribution in [0.4, 0.5) is 0 Å². The standard InChI is InChI=1S/C15H32.C10H18O2/c1-3-5-7-9-11-13-15-14-12-10-8-6-4-2;1-5-6-7-9(4)12-10(11)8(2)3/h3-15H2,1-2H3;9H,2,5-7H2,1,3-4H3. The van der Waals surface area contributed by atoms with E-state index in [9.17, 15) is 4.79 Å². The molecular weight excluding hydrogens is 332 g/mol. The smallest absolute Gasteiger partial charge is 0.333 e. The van der Waals surface area contributed by atoms with E-state index in [1.54, 1.807) is 6.92 Å². The predicted molar refractivity (Wildman–Crippen MR) is 121 cm³/mol. The summed E-state index contributed by atoms with van der Waals surface area (Å²) >= 11 is 0. The van der Waals surface area contributed by atoms with Gasteiger partial charge in [-0.15, -0.1) is 0 Å². The van der Waals surface area contributed by atoms with Gasteiger partial charge in [-0.3, -0.25) is 0 Å². The Kier molecular flexibility index (Phi) is 24.5. The normalized spacial score (nSPS) is 11.4. The van der Waals surface area contributed by atoms with Crippen molar-refractivity contribution >= 4 is 5.97 Å². The van der Waals surface area contributed by atoms with Crippen LogP contribution in [0.5, 0.6) is 0 Å². The summed E-state index contributed by atoms with van der Waals surface area (Å²) in [5.74, 6) is -0.279. The van der Waals surface area contributed by atoms with Crippen molar-refractivity contribution < 1.29 is 9.53 Å². The first kappa shape index (κ1) is 28.4. The number of esters is 1. The fraction of sp³-hybridized carbons (Fsp3) is 0.880. The van der Waals surface area contributed by atoms with E-state index in [-0.39, 0.29) is 12.1 Å². The summed E-state index contributed by atoms with van der Waals surface area (Å²) in [6.07, 6.45) is 22.1. The SMILES string of the molecule is C=C(C)C(=O)OC(C)CCCC.CCCCCCCCCCCCCCC. The third-order valence-electron chi connectivity index (χ3n) is 4.83. The van der Waals surface area contributed by atoms with Gasteiger partial charge in [-0.1, -0.05) is 124 Å². The van der Waals surface area contributed by atoms with Gasteiger partial charge in [0, 0.05) is 5.57 Å². The minimum absolute atomic E-state index is 0.0224. The van der Waals surface area contributed by atoms with Crippen molar-refractivity contribution in [3.63, 3.8) is 0 Å². The fourth-order valence-corrected chi connectivity index (χ4v) is 2.92. The van der Waals surface area contributed by atoms with Gasteiger partial charge in [0.2, 0.25) is 0 Å². The van der Waals surface area contributed by atoms with Crippen LogP contribution in [0.2, 0.25) is 0 Å². The topological polar surface area (TPSA) is 26.3 Å². The molecule has 0 saturated heterocycles. The van der Waals surface area contributed by atoms with Gasteiger partial charge in [-0.25, -0.2) is 4.79 Å². The van der Waals surface area contributed by atoms with Gasteiger partial charge in [-0.05, 0) is 20.3 Å². The zero-order valence-electron chi connectivity index (χ0n) is 19.4. The Morgan fingerprint density at radius 3 is 1.33 bits per heavy atom. The Labute approximate surface area is 171 Å². The highest BCUT2D eigenvalue weighted by Gasteiger charge is 2.08. The maximum Gasteiger partial charge on any atom is 0.333 e. The third-order valence-corrected chi connectivity index (χ3v) is 4.83. The average molecular weight is 383 g/mol. The van der Waals surface area contributed by atoms with Crippen molar-refractivity contribution in [2.45, 2.75) is 143 Å². The van der Waals surface area contributed by atoms with E-state index >= 15 is 0 Å². The summed E-state index contributed by atoms with van der Waals surface area (Å²) in [6.45, 7) is 13.8. The molecule has 0 radical (unpaired) electrons. The van der Waals surface area contributed by atoms with Gasteiger partial charge in [0.15, 0.2) is 0 Å². The minimum atomic E-state index is -0.279. The summed E-state index contributed by atoms with van der Waals surface area (Å²) in [4.78, 5) is 11.0. The summed E-state index contributed by atoms with van der Waals surface area (Å²) in [6, 6.07) is 0. The lowest BCUT2D eigenvalue weighted by atomic mass is 10.1. The van der Waals surface area contributed by atoms with Crippen LogP contribution in [0.15, 0.2) is 12.2 Å². The number of carbonyl (C=O) groups excluding carboxylic acids is 1. The van der Waals surface area contributed by atoms with Gasteiger partial charge in [0.25, 0.3) is 0 Å². The van der Waals surface area contributed by atoms with Crippen LogP contribution >= 0.6 is 0 Å². The first-order chi connectivity index (χ1) is 13.0. The second-order valence-electron chi connectivity index (χ2n) is 8.03. The molecule has 0 aliphatic carbocycles. The lowest BCUT2D eigenvalue weighted by Gasteiger charge is -2.11. The van der Waals surface area contributed by atoms with E-state index in [1.165, 1.54) is 83.5 Å². The van der Waals surface area contributed by atoms with E-state index in [0.717, 1.165) is 19.3 Å². The van der Waals surface area contributed by atoms with Crippen LogP contribution in [0.25, 0.3) is 0 Å². The molecule has 0 aromatic heterocycles. The number of rotatable bonds is 17. The molecule has 0 aromatic rings. The van der Waals surface area contributed by atoms with Gasteiger partial charge in [-0.2, -0.15) is 0 Å². The molecule has 0 amide bonds. The lowest BCUT2D eigenvalue weighted by molar-refractivity contribution is -0.143. The van der Waals surface area contributed by atoms with E-state index in [4.69, 9.17) is 4.74 Å². The zero-order chi connectivity index (χ0) is 20.8. The average Bonchev–Trinajstić information content (AvgIpc) is 2.65. The van der Waals surface area contributed by atoms with Crippen molar-refractivity contribution in [2.24, 2.45) is 0 Å². The maximum atomic E-state index is 11.0. The Bertz CT molecular complexity index is 310. The molecule has 2 heteroatoms. The molecule has 0 saturated carbocycles. The summed E-state index contributed by atoms with van der Waals surface area (Å²) < 4.78 is 5.08. The van der Waals surface area contributed by atoms with Gasteiger partial charge in [0.1, 0.15) is 0 Å². The monoisotopic (exact) mass is 382 g/mol. The summed E-state index contributed by atoms with van der Waals surface area (Å²) in [7, 11) is 0. The molecule has 0 fully saturated rings. The molecular formula is C25H50O2. The Hall–Kier alpha value is -0.790. The number of hydrogen-bond donors (Lipinski definition) is 0. The fourth-order valence-electron chi connectivity index (χ4n) is 2.92. The second-order valence-corrected chi connectivity index (χ2v) is 8.03. The van der Waals surface area contributed by atoms with Crippen LogP contribution < -0.4 is 0 Å². The Morgan fingerprint density at radius 2 is 1.04 bits per heavy atom. The van der Waals surface area contributed by atoms with E-state index < -0.39 is 0 Å². The molecule has 1 atom stereocenters. The number of carbonyl (C=O) groups is 1. The van der Waals surface area contributed by atoms with Crippen LogP contribution in [-0.2, 0) is 9.53 Å². The highest BCUT2D eigenvalue weighted by Crippen LogP contribution is 2.12. The van der Waals surface area contributed by atoms with Gasteiger partial charge >= 0.3 is 5.97 Å². The van der Waals surface area contributed by atoms with Crippen molar-refractivity contribution in [3.05, 3.63) is 12.2 Å². The molecule has 0 aromatic carbocycles. The number of unbranched alkanes of at least 4 members (excludes halogenated alkanes) is 13. The van der Waals surface area contributed by atoms with Crippen molar-refractivity contribution in [1.82, 2.24) is 0 Å². The molecule has 0 rings (SSSR count). The third kappa shape index (κ3) is 25.2. The molecule has 0 N–H and O–H groups in total. The van der Waals surface area contributed by atoms with Crippen molar-refractivity contribution in [2.75, 3.05) is 0 Å². The zero-order valence-corrected chi connectivity index (χ0v) is 19.4. The van der Waals surface area contributed by atoms with Crippen LogP contribution in [0, 0.1) is 0 Å². The van der Waals surface area contributed by atoms with Gasteiger partial charge < -0.3 is 4.74 Å².